The molecule has 0 bridgehead atoms. The van der Waals surface area contributed by atoms with Crippen molar-refractivity contribution >= 4 is 6.09 Å². The molecule has 0 aliphatic carbocycles. The Morgan fingerprint density at radius 3 is 1.67 bits per heavy atom. The van der Waals surface area contributed by atoms with E-state index in [0.29, 0.717) is 12.8 Å². The van der Waals surface area contributed by atoms with Crippen molar-refractivity contribution in [2.75, 3.05) is 6.61 Å². The van der Waals surface area contributed by atoms with Crippen molar-refractivity contribution in [3.8, 4) is 0 Å². The molecule has 0 spiro atoms. The summed E-state index contributed by atoms with van der Waals surface area (Å²) >= 11 is 0. The maximum atomic E-state index is 11.3. The summed E-state index contributed by atoms with van der Waals surface area (Å²) in [4.78, 5) is 12.7. The predicted octanol–water partition coefficient (Wildman–Crippen LogP) is 2.32. The molecular formula is C11H23NO3. The molecule has 0 radical (unpaired) electrons. The molecule has 0 aromatic heterocycles. The smallest absolute Gasteiger partial charge is 0.408 e. The van der Waals surface area contributed by atoms with Gasteiger partial charge in [0, 0.05) is 5.54 Å². The van der Waals surface area contributed by atoms with Crippen molar-refractivity contribution in [1.82, 2.24) is 4.90 Å². The number of hydrogen-bond donors (Lipinski definition) is 2. The Bertz CT molecular complexity index is 208. The lowest BCUT2D eigenvalue weighted by molar-refractivity contribution is -0.0208. The molecule has 0 fully saturated rings. The monoisotopic (exact) mass is 217 g/mol. The Balaban J connectivity index is 5.29. The highest BCUT2D eigenvalue weighted by molar-refractivity contribution is 5.67. The number of aliphatic hydroxyl groups excluding tert-OH is 1. The third kappa shape index (κ3) is 2.84. The van der Waals surface area contributed by atoms with Crippen molar-refractivity contribution in [3.63, 3.8) is 0 Å². The lowest BCUT2D eigenvalue weighted by Gasteiger charge is -2.47. The summed E-state index contributed by atoms with van der Waals surface area (Å²) in [5, 5.41) is 18.7. The van der Waals surface area contributed by atoms with E-state index >= 15 is 0 Å². The summed E-state index contributed by atoms with van der Waals surface area (Å²) in [6.07, 6.45) is 0.257. The number of nitrogens with zero attached hydrogens (tertiary/aromatic N) is 1. The average Bonchev–Trinajstić information content (AvgIpc) is 2.11. The van der Waals surface area contributed by atoms with Gasteiger partial charge in [-0.15, -0.1) is 0 Å². The van der Waals surface area contributed by atoms with Crippen LogP contribution < -0.4 is 0 Å². The fourth-order valence-corrected chi connectivity index (χ4v) is 2.06. The quantitative estimate of drug-likeness (QED) is 0.759. The van der Waals surface area contributed by atoms with Crippen LogP contribution in [0.25, 0.3) is 0 Å². The van der Waals surface area contributed by atoms with Gasteiger partial charge in [-0.25, -0.2) is 4.79 Å². The zero-order valence-corrected chi connectivity index (χ0v) is 10.4. The minimum atomic E-state index is -0.972. The van der Waals surface area contributed by atoms with Crippen LogP contribution in [-0.4, -0.2) is 38.9 Å². The maximum absolute atomic E-state index is 11.3. The fraction of sp³-hybridized carbons (Fsp3) is 0.909. The van der Waals surface area contributed by atoms with Gasteiger partial charge in [0.1, 0.15) is 0 Å². The minimum absolute atomic E-state index is 0.135. The SMILES string of the molecule is CCC(CC)(CO)N(C(=O)O)C(C)(C)C. The van der Waals surface area contributed by atoms with E-state index in [9.17, 15) is 15.0 Å². The molecule has 0 aliphatic heterocycles. The molecule has 1 amide bonds. The first kappa shape index (κ1) is 14.2. The van der Waals surface area contributed by atoms with E-state index in [2.05, 4.69) is 0 Å². The number of hydrogen-bond acceptors (Lipinski definition) is 2. The van der Waals surface area contributed by atoms with Crippen molar-refractivity contribution < 1.29 is 15.0 Å². The molecule has 0 saturated carbocycles. The summed E-state index contributed by atoms with van der Waals surface area (Å²) in [6.45, 7) is 9.21. The van der Waals surface area contributed by atoms with E-state index in [1.54, 1.807) is 0 Å². The normalized spacial score (nSPS) is 12.7. The number of amides is 1. The molecule has 0 saturated heterocycles. The molecule has 4 nitrogen and oxygen atoms in total. The van der Waals surface area contributed by atoms with Crippen molar-refractivity contribution in [1.29, 1.82) is 0 Å². The largest absolute Gasteiger partial charge is 0.465 e. The summed E-state index contributed by atoms with van der Waals surface area (Å²) in [5.41, 5.74) is -1.16. The molecule has 0 atom stereocenters. The topological polar surface area (TPSA) is 60.8 Å². The van der Waals surface area contributed by atoms with Crippen molar-refractivity contribution in [2.24, 2.45) is 0 Å². The molecule has 2 N–H and O–H groups in total. The highest BCUT2D eigenvalue weighted by Crippen LogP contribution is 2.30. The van der Waals surface area contributed by atoms with Gasteiger partial charge in [-0.1, -0.05) is 13.8 Å². The van der Waals surface area contributed by atoms with Gasteiger partial charge in [0.2, 0.25) is 0 Å². The molecule has 0 aromatic carbocycles. The Morgan fingerprint density at radius 2 is 1.60 bits per heavy atom. The first-order valence-electron chi connectivity index (χ1n) is 5.39. The zero-order valence-electron chi connectivity index (χ0n) is 10.4. The Hall–Kier alpha value is -0.770. The van der Waals surface area contributed by atoms with E-state index in [4.69, 9.17) is 0 Å². The van der Waals surface area contributed by atoms with Gasteiger partial charge in [0.25, 0.3) is 0 Å². The number of aliphatic hydroxyl groups is 1. The molecule has 0 heterocycles. The minimum Gasteiger partial charge on any atom is -0.465 e. The lowest BCUT2D eigenvalue weighted by atomic mass is 9.87. The van der Waals surface area contributed by atoms with E-state index in [-0.39, 0.29) is 6.61 Å². The molecule has 4 heteroatoms. The van der Waals surface area contributed by atoms with E-state index in [1.165, 1.54) is 4.90 Å². The van der Waals surface area contributed by atoms with Crippen LogP contribution in [0.2, 0.25) is 0 Å². The summed E-state index contributed by atoms with van der Waals surface area (Å²) < 4.78 is 0. The first-order chi connectivity index (χ1) is 6.75. The Labute approximate surface area is 91.9 Å². The Kier molecular flexibility index (Phi) is 4.59. The molecule has 90 valence electrons. The van der Waals surface area contributed by atoms with E-state index < -0.39 is 17.2 Å². The molecule has 0 rings (SSSR count). The Morgan fingerprint density at radius 1 is 1.20 bits per heavy atom. The lowest BCUT2D eigenvalue weighted by Crippen LogP contribution is -2.60. The van der Waals surface area contributed by atoms with Crippen LogP contribution in [0.4, 0.5) is 4.79 Å². The van der Waals surface area contributed by atoms with Gasteiger partial charge in [-0.05, 0) is 33.6 Å². The zero-order chi connectivity index (χ0) is 12.3. The fourth-order valence-electron chi connectivity index (χ4n) is 2.06. The standard InChI is InChI=1S/C11H23NO3/c1-6-11(7-2,8-13)12(9(14)15)10(3,4)5/h13H,6-8H2,1-5H3,(H,14,15). The van der Waals surface area contributed by atoms with Crippen molar-refractivity contribution in [2.45, 2.75) is 58.5 Å². The molecular weight excluding hydrogens is 194 g/mol. The van der Waals surface area contributed by atoms with Gasteiger partial charge in [-0.2, -0.15) is 0 Å². The highest BCUT2D eigenvalue weighted by atomic mass is 16.4. The second-order valence-electron chi connectivity index (χ2n) is 4.88. The van der Waals surface area contributed by atoms with Crippen LogP contribution in [0.5, 0.6) is 0 Å². The number of carbonyl (C=O) groups is 1. The van der Waals surface area contributed by atoms with E-state index in [0.717, 1.165) is 0 Å². The van der Waals surface area contributed by atoms with E-state index in [1.807, 2.05) is 34.6 Å². The van der Waals surface area contributed by atoms with Gasteiger partial charge < -0.3 is 10.2 Å². The van der Waals surface area contributed by atoms with Crippen LogP contribution in [0, 0.1) is 0 Å². The van der Waals surface area contributed by atoms with Gasteiger partial charge in [0.05, 0.1) is 12.1 Å². The van der Waals surface area contributed by atoms with Gasteiger partial charge >= 0.3 is 6.09 Å². The van der Waals surface area contributed by atoms with Gasteiger partial charge in [0.15, 0.2) is 0 Å². The third-order valence-electron chi connectivity index (χ3n) is 2.95. The third-order valence-corrected chi connectivity index (χ3v) is 2.95. The molecule has 0 unspecified atom stereocenters. The van der Waals surface area contributed by atoms with Crippen LogP contribution in [-0.2, 0) is 0 Å². The molecule has 15 heavy (non-hydrogen) atoms. The van der Waals surface area contributed by atoms with Crippen LogP contribution in [0.3, 0.4) is 0 Å². The van der Waals surface area contributed by atoms with Crippen LogP contribution in [0.15, 0.2) is 0 Å². The molecule has 0 aromatic rings. The molecule has 0 aliphatic rings. The van der Waals surface area contributed by atoms with Crippen LogP contribution >= 0.6 is 0 Å². The van der Waals surface area contributed by atoms with Crippen molar-refractivity contribution in [3.05, 3.63) is 0 Å². The second-order valence-corrected chi connectivity index (χ2v) is 4.88. The van der Waals surface area contributed by atoms with Gasteiger partial charge in [-0.3, -0.25) is 4.90 Å². The summed E-state index contributed by atoms with van der Waals surface area (Å²) in [5.74, 6) is 0. The second kappa shape index (κ2) is 4.84. The average molecular weight is 217 g/mol. The van der Waals surface area contributed by atoms with Crippen LogP contribution in [0.1, 0.15) is 47.5 Å². The maximum Gasteiger partial charge on any atom is 0.408 e. The summed E-state index contributed by atoms with van der Waals surface area (Å²) in [6, 6.07) is 0. The highest BCUT2D eigenvalue weighted by Gasteiger charge is 2.42. The summed E-state index contributed by atoms with van der Waals surface area (Å²) in [7, 11) is 0. The number of rotatable bonds is 4. The first-order valence-corrected chi connectivity index (χ1v) is 5.39. The number of carboxylic acid groups (broad SMARTS) is 1. The predicted molar refractivity (Wildman–Crippen MR) is 60.0 cm³/mol.